The molecular weight excluding hydrogens is 380 g/mol. The molecule has 0 saturated carbocycles. The molecule has 1 aliphatic rings. The van der Waals surface area contributed by atoms with Crippen molar-refractivity contribution in [2.45, 2.75) is 63.9 Å². The molecule has 1 aliphatic heterocycles. The fourth-order valence-electron chi connectivity index (χ4n) is 3.67. The molecule has 1 atom stereocenters. The van der Waals surface area contributed by atoms with Crippen LogP contribution >= 0.6 is 0 Å². The predicted molar refractivity (Wildman–Crippen MR) is 104 cm³/mol. The number of nitrogens with one attached hydrogen (secondary N) is 1. The highest BCUT2D eigenvalue weighted by atomic mass is 32.2. The molecule has 28 heavy (non-hydrogen) atoms. The molecular formula is C19H28N4O4S. The van der Waals surface area contributed by atoms with E-state index in [1.54, 1.807) is 24.8 Å². The van der Waals surface area contributed by atoms with E-state index in [0.717, 1.165) is 18.6 Å². The summed E-state index contributed by atoms with van der Waals surface area (Å²) in [5.74, 6) is 0.721. The normalized spacial score (nSPS) is 16.4. The molecule has 2 aromatic rings. The summed E-state index contributed by atoms with van der Waals surface area (Å²) in [5.41, 5.74) is 1.07. The monoisotopic (exact) mass is 408 g/mol. The third-order valence-electron chi connectivity index (χ3n) is 5.02. The summed E-state index contributed by atoms with van der Waals surface area (Å²) in [6, 6.07) is 3.65. The SMILES string of the molecule is Cc1nn(CCC(=O)N[C@H](C)Cc2ccco2)c(C)c1S(=O)(=O)N1CCCC1. The molecule has 1 fully saturated rings. The number of hydrogen-bond donors (Lipinski definition) is 1. The Morgan fingerprint density at radius 1 is 1.32 bits per heavy atom. The Bertz CT molecular complexity index is 912. The standard InChI is InChI=1S/C19H28N4O4S/c1-14(13-17-7-6-12-27-17)20-18(24)8-11-23-16(3)19(15(2)21-23)28(25,26)22-9-4-5-10-22/h6-7,12,14H,4-5,8-11,13H2,1-3H3,(H,20,24)/t14-/m1/s1. The lowest BCUT2D eigenvalue weighted by atomic mass is 10.2. The van der Waals surface area contributed by atoms with Crippen LogP contribution in [0.5, 0.6) is 0 Å². The highest BCUT2D eigenvalue weighted by molar-refractivity contribution is 7.89. The van der Waals surface area contributed by atoms with Gasteiger partial charge in [0.25, 0.3) is 0 Å². The average molecular weight is 409 g/mol. The molecule has 3 heterocycles. The van der Waals surface area contributed by atoms with Gasteiger partial charge in [-0.05, 0) is 45.7 Å². The summed E-state index contributed by atoms with van der Waals surface area (Å²) in [5, 5.41) is 7.31. The van der Waals surface area contributed by atoms with Crippen LogP contribution in [0.2, 0.25) is 0 Å². The minimum atomic E-state index is -3.53. The number of carbonyl (C=O) groups is 1. The van der Waals surface area contributed by atoms with Crippen molar-refractivity contribution in [3.05, 3.63) is 35.5 Å². The molecule has 8 nitrogen and oxygen atoms in total. The van der Waals surface area contributed by atoms with Crippen molar-refractivity contribution in [1.29, 1.82) is 0 Å². The largest absolute Gasteiger partial charge is 0.469 e. The van der Waals surface area contributed by atoms with Crippen molar-refractivity contribution in [1.82, 2.24) is 19.4 Å². The first-order valence-electron chi connectivity index (χ1n) is 9.65. The molecule has 1 N–H and O–H groups in total. The average Bonchev–Trinajstić information content (AvgIpc) is 3.35. The number of hydrogen-bond acceptors (Lipinski definition) is 5. The summed E-state index contributed by atoms with van der Waals surface area (Å²) in [7, 11) is -3.53. The van der Waals surface area contributed by atoms with Crippen LogP contribution in [0, 0.1) is 13.8 Å². The summed E-state index contributed by atoms with van der Waals surface area (Å²) in [6.45, 7) is 6.83. The van der Waals surface area contributed by atoms with Crippen LogP contribution < -0.4 is 5.32 Å². The van der Waals surface area contributed by atoms with E-state index in [0.29, 0.717) is 37.4 Å². The number of aryl methyl sites for hydroxylation is 2. The molecule has 0 radical (unpaired) electrons. The number of furan rings is 1. The van der Waals surface area contributed by atoms with E-state index in [9.17, 15) is 13.2 Å². The number of rotatable bonds is 8. The maximum atomic E-state index is 12.9. The second-order valence-electron chi connectivity index (χ2n) is 7.34. The maximum Gasteiger partial charge on any atom is 0.246 e. The van der Waals surface area contributed by atoms with Gasteiger partial charge >= 0.3 is 0 Å². The van der Waals surface area contributed by atoms with Crippen LogP contribution in [0.4, 0.5) is 0 Å². The Hall–Kier alpha value is -2.13. The Kier molecular flexibility index (Phi) is 6.24. The molecule has 0 unspecified atom stereocenters. The molecule has 0 aliphatic carbocycles. The van der Waals surface area contributed by atoms with Gasteiger partial charge in [-0.15, -0.1) is 0 Å². The van der Waals surface area contributed by atoms with Crippen LogP contribution in [-0.4, -0.2) is 47.5 Å². The number of carbonyl (C=O) groups excluding carboxylic acids is 1. The van der Waals surface area contributed by atoms with Gasteiger partial charge in [-0.3, -0.25) is 9.48 Å². The first-order chi connectivity index (χ1) is 13.3. The summed E-state index contributed by atoms with van der Waals surface area (Å²) >= 11 is 0. The van der Waals surface area contributed by atoms with Crippen molar-refractivity contribution in [3.8, 4) is 0 Å². The fraction of sp³-hybridized carbons (Fsp3) is 0.579. The van der Waals surface area contributed by atoms with Gasteiger partial charge < -0.3 is 9.73 Å². The third kappa shape index (κ3) is 4.47. The summed E-state index contributed by atoms with van der Waals surface area (Å²) < 4.78 is 34.3. The zero-order valence-electron chi connectivity index (χ0n) is 16.6. The highest BCUT2D eigenvalue weighted by Gasteiger charge is 2.32. The van der Waals surface area contributed by atoms with Gasteiger partial charge in [-0.25, -0.2) is 8.42 Å². The molecule has 0 bridgehead atoms. The molecule has 3 rings (SSSR count). The number of amides is 1. The predicted octanol–water partition coefficient (Wildman–Crippen LogP) is 2.01. The third-order valence-corrected chi connectivity index (χ3v) is 7.18. The van der Waals surface area contributed by atoms with Gasteiger partial charge in [0, 0.05) is 32.0 Å². The van der Waals surface area contributed by atoms with E-state index in [-0.39, 0.29) is 23.3 Å². The molecule has 9 heteroatoms. The maximum absolute atomic E-state index is 12.9. The van der Waals surface area contributed by atoms with Crippen molar-refractivity contribution < 1.29 is 17.6 Å². The molecule has 1 saturated heterocycles. The Morgan fingerprint density at radius 3 is 2.68 bits per heavy atom. The van der Waals surface area contributed by atoms with Gasteiger partial charge in [-0.1, -0.05) is 0 Å². The molecule has 1 amide bonds. The summed E-state index contributed by atoms with van der Waals surface area (Å²) in [6.07, 6.45) is 4.24. The minimum absolute atomic E-state index is 0.0507. The Labute approximate surface area is 165 Å². The smallest absolute Gasteiger partial charge is 0.246 e. The van der Waals surface area contributed by atoms with Gasteiger partial charge in [0.15, 0.2) is 0 Å². The zero-order valence-corrected chi connectivity index (χ0v) is 17.5. The van der Waals surface area contributed by atoms with Crippen molar-refractivity contribution in [2.24, 2.45) is 0 Å². The first-order valence-corrected chi connectivity index (χ1v) is 11.1. The van der Waals surface area contributed by atoms with Gasteiger partial charge in [-0.2, -0.15) is 9.40 Å². The Balaban J connectivity index is 1.61. The van der Waals surface area contributed by atoms with Crippen LogP contribution in [-0.2, 0) is 27.8 Å². The molecule has 0 aromatic carbocycles. The number of aromatic nitrogens is 2. The second-order valence-corrected chi connectivity index (χ2v) is 9.21. The lowest BCUT2D eigenvalue weighted by molar-refractivity contribution is -0.121. The zero-order chi connectivity index (χ0) is 20.3. The van der Waals surface area contributed by atoms with Crippen LogP contribution in [0.15, 0.2) is 27.7 Å². The Morgan fingerprint density at radius 2 is 2.04 bits per heavy atom. The minimum Gasteiger partial charge on any atom is -0.469 e. The van der Waals surface area contributed by atoms with Gasteiger partial charge in [0.2, 0.25) is 15.9 Å². The summed E-state index contributed by atoms with van der Waals surface area (Å²) in [4.78, 5) is 12.5. The van der Waals surface area contributed by atoms with E-state index < -0.39 is 10.0 Å². The van der Waals surface area contributed by atoms with E-state index in [1.807, 2.05) is 19.1 Å². The van der Waals surface area contributed by atoms with E-state index in [1.165, 1.54) is 4.31 Å². The van der Waals surface area contributed by atoms with Crippen molar-refractivity contribution >= 4 is 15.9 Å². The topological polar surface area (TPSA) is 97.4 Å². The van der Waals surface area contributed by atoms with Crippen molar-refractivity contribution in [2.75, 3.05) is 13.1 Å². The van der Waals surface area contributed by atoms with E-state index in [2.05, 4.69) is 10.4 Å². The van der Waals surface area contributed by atoms with Crippen molar-refractivity contribution in [3.63, 3.8) is 0 Å². The molecule has 154 valence electrons. The first kappa shape index (κ1) is 20.6. The highest BCUT2D eigenvalue weighted by Crippen LogP contribution is 2.26. The lowest BCUT2D eigenvalue weighted by Gasteiger charge is -2.16. The molecule has 0 spiro atoms. The van der Waals surface area contributed by atoms with Gasteiger partial charge in [0.05, 0.1) is 24.2 Å². The van der Waals surface area contributed by atoms with Gasteiger partial charge in [0.1, 0.15) is 10.7 Å². The van der Waals surface area contributed by atoms with Crippen LogP contribution in [0.25, 0.3) is 0 Å². The fourth-order valence-corrected chi connectivity index (χ4v) is 5.56. The second kappa shape index (κ2) is 8.48. The quantitative estimate of drug-likeness (QED) is 0.721. The van der Waals surface area contributed by atoms with Crippen LogP contribution in [0.1, 0.15) is 43.3 Å². The van der Waals surface area contributed by atoms with E-state index >= 15 is 0 Å². The number of nitrogens with zero attached hydrogens (tertiary/aromatic N) is 3. The number of sulfonamides is 1. The molecule has 2 aromatic heterocycles. The van der Waals surface area contributed by atoms with E-state index in [4.69, 9.17) is 4.42 Å². The van der Waals surface area contributed by atoms with Crippen LogP contribution in [0.3, 0.4) is 0 Å². The lowest BCUT2D eigenvalue weighted by Crippen LogP contribution is -2.34.